The number of hydrogen-bond donors (Lipinski definition) is 1. The number of aromatic nitrogens is 2. The number of carbonyl (C=O) groups is 1. The van der Waals surface area contributed by atoms with Crippen LogP contribution in [0.5, 0.6) is 0 Å². The molecule has 0 radical (unpaired) electrons. The quantitative estimate of drug-likeness (QED) is 0.891. The molecule has 22 heavy (non-hydrogen) atoms. The molecule has 0 unspecified atom stereocenters. The minimum Gasteiger partial charge on any atom is -0.332 e. The van der Waals surface area contributed by atoms with Crippen LogP contribution in [0, 0.1) is 0 Å². The number of aromatic amines is 1. The molecule has 1 aromatic carbocycles. The average Bonchev–Trinajstić information content (AvgIpc) is 3.01. The summed E-state index contributed by atoms with van der Waals surface area (Å²) in [6.07, 6.45) is 0.837. The number of nitrogens with zero attached hydrogens (tertiary/aromatic N) is 3. The van der Waals surface area contributed by atoms with Gasteiger partial charge in [0.25, 0.3) is 5.91 Å². The van der Waals surface area contributed by atoms with Gasteiger partial charge in [-0.25, -0.2) is 0 Å². The maximum Gasteiger partial charge on any atom is 0.274 e. The fraction of sp³-hybridized carbons (Fsp3) is 0.412. The second-order valence-electron chi connectivity index (χ2n) is 5.74. The van der Waals surface area contributed by atoms with Crippen molar-refractivity contribution in [2.45, 2.75) is 19.4 Å². The normalized spacial score (nSPS) is 12.4. The van der Waals surface area contributed by atoms with Gasteiger partial charge in [0.1, 0.15) is 5.69 Å². The molecular weight excluding hydrogens is 276 g/mol. The third-order valence-corrected chi connectivity index (χ3v) is 3.74. The zero-order chi connectivity index (χ0) is 16.1. The van der Waals surface area contributed by atoms with Gasteiger partial charge in [0, 0.05) is 19.3 Å². The summed E-state index contributed by atoms with van der Waals surface area (Å²) in [7, 11) is 5.86. The molecule has 0 aliphatic carbocycles. The highest BCUT2D eigenvalue weighted by Crippen LogP contribution is 2.21. The molecule has 1 amide bonds. The summed E-state index contributed by atoms with van der Waals surface area (Å²) in [6, 6.07) is 11.9. The fourth-order valence-electron chi connectivity index (χ4n) is 2.45. The highest BCUT2D eigenvalue weighted by molar-refractivity contribution is 5.92. The third kappa shape index (κ3) is 3.74. The van der Waals surface area contributed by atoms with Crippen LogP contribution in [0.3, 0.4) is 0 Å². The summed E-state index contributed by atoms with van der Waals surface area (Å²) < 4.78 is 0. The van der Waals surface area contributed by atoms with Gasteiger partial charge in [0.15, 0.2) is 0 Å². The van der Waals surface area contributed by atoms with Crippen LogP contribution in [0.4, 0.5) is 0 Å². The Hall–Kier alpha value is -2.14. The van der Waals surface area contributed by atoms with Crippen molar-refractivity contribution in [3.8, 4) is 0 Å². The number of aryl methyl sites for hydroxylation is 1. The van der Waals surface area contributed by atoms with E-state index in [9.17, 15) is 4.79 Å². The van der Waals surface area contributed by atoms with Gasteiger partial charge in [-0.15, -0.1) is 0 Å². The van der Waals surface area contributed by atoms with Crippen molar-refractivity contribution in [3.63, 3.8) is 0 Å². The Kier molecular flexibility index (Phi) is 5.33. The molecule has 1 atom stereocenters. The number of carbonyl (C=O) groups excluding carboxylic acids is 1. The summed E-state index contributed by atoms with van der Waals surface area (Å²) in [5.41, 5.74) is 2.57. The second kappa shape index (κ2) is 7.22. The fourth-order valence-corrected chi connectivity index (χ4v) is 2.45. The Morgan fingerprint density at radius 1 is 1.23 bits per heavy atom. The molecule has 0 saturated heterocycles. The molecule has 0 aliphatic rings. The van der Waals surface area contributed by atoms with Gasteiger partial charge in [0.05, 0.1) is 6.04 Å². The van der Waals surface area contributed by atoms with Crippen molar-refractivity contribution in [2.75, 3.05) is 27.7 Å². The number of hydrogen-bond acceptors (Lipinski definition) is 3. The summed E-state index contributed by atoms with van der Waals surface area (Å²) >= 11 is 0. The molecule has 0 bridgehead atoms. The molecule has 0 aliphatic heterocycles. The standard InChI is InChI=1S/C17H24N4O/c1-5-14-11-15(19-18-14)17(22)21(4)16(12-20(2)3)13-9-7-6-8-10-13/h6-11,16H,5,12H2,1-4H3,(H,18,19)/t16-/m0/s1. The van der Waals surface area contributed by atoms with Crippen LogP contribution in [0.1, 0.15) is 34.7 Å². The Morgan fingerprint density at radius 3 is 2.45 bits per heavy atom. The first kappa shape index (κ1) is 16.2. The first-order chi connectivity index (χ1) is 10.5. The van der Waals surface area contributed by atoms with Gasteiger partial charge in [-0.05, 0) is 32.1 Å². The smallest absolute Gasteiger partial charge is 0.274 e. The predicted molar refractivity (Wildman–Crippen MR) is 87.8 cm³/mol. The maximum absolute atomic E-state index is 12.7. The molecule has 1 heterocycles. The lowest BCUT2D eigenvalue weighted by atomic mass is 10.0. The van der Waals surface area contributed by atoms with Gasteiger partial charge in [-0.2, -0.15) is 5.10 Å². The van der Waals surface area contributed by atoms with Crippen LogP contribution in [0.2, 0.25) is 0 Å². The first-order valence-electron chi connectivity index (χ1n) is 7.54. The minimum atomic E-state index is -0.0633. The van der Waals surface area contributed by atoms with Crippen LogP contribution >= 0.6 is 0 Å². The average molecular weight is 300 g/mol. The van der Waals surface area contributed by atoms with Gasteiger partial charge in [-0.1, -0.05) is 37.3 Å². The summed E-state index contributed by atoms with van der Waals surface area (Å²) in [6.45, 7) is 2.79. The van der Waals surface area contributed by atoms with E-state index in [-0.39, 0.29) is 11.9 Å². The molecule has 5 heteroatoms. The molecule has 0 spiro atoms. The Bertz CT molecular complexity index is 606. The number of nitrogens with one attached hydrogen (secondary N) is 1. The van der Waals surface area contributed by atoms with E-state index < -0.39 is 0 Å². The minimum absolute atomic E-state index is 0.00882. The topological polar surface area (TPSA) is 52.2 Å². The van der Waals surface area contributed by atoms with Gasteiger partial charge >= 0.3 is 0 Å². The van der Waals surface area contributed by atoms with Crippen LogP contribution in [-0.4, -0.2) is 53.6 Å². The molecular formula is C17H24N4O. The maximum atomic E-state index is 12.7. The third-order valence-electron chi connectivity index (χ3n) is 3.74. The van der Waals surface area contributed by atoms with Crippen molar-refractivity contribution >= 4 is 5.91 Å². The molecule has 1 N–H and O–H groups in total. The van der Waals surface area contributed by atoms with Crippen molar-refractivity contribution < 1.29 is 4.79 Å². The van der Waals surface area contributed by atoms with E-state index in [0.717, 1.165) is 24.2 Å². The lowest BCUT2D eigenvalue weighted by molar-refractivity contribution is 0.0699. The molecule has 5 nitrogen and oxygen atoms in total. The number of rotatable bonds is 6. The van der Waals surface area contributed by atoms with Crippen molar-refractivity contribution in [2.24, 2.45) is 0 Å². The van der Waals surface area contributed by atoms with E-state index in [1.165, 1.54) is 0 Å². The van der Waals surface area contributed by atoms with Crippen LogP contribution in [-0.2, 0) is 6.42 Å². The molecule has 1 aromatic heterocycles. The molecule has 2 rings (SSSR count). The van der Waals surface area contributed by atoms with E-state index >= 15 is 0 Å². The van der Waals surface area contributed by atoms with Crippen LogP contribution in [0.15, 0.2) is 36.4 Å². The second-order valence-corrected chi connectivity index (χ2v) is 5.74. The number of H-pyrrole nitrogens is 1. The van der Waals surface area contributed by atoms with E-state index in [1.807, 2.05) is 52.3 Å². The van der Waals surface area contributed by atoms with Gasteiger partial charge in [0.2, 0.25) is 0 Å². The van der Waals surface area contributed by atoms with Crippen LogP contribution < -0.4 is 0 Å². The first-order valence-corrected chi connectivity index (χ1v) is 7.54. The van der Waals surface area contributed by atoms with E-state index in [1.54, 1.807) is 4.90 Å². The van der Waals surface area contributed by atoms with Crippen molar-refractivity contribution in [3.05, 3.63) is 53.3 Å². The van der Waals surface area contributed by atoms with Gasteiger partial charge < -0.3 is 9.80 Å². The lowest BCUT2D eigenvalue weighted by Crippen LogP contribution is -2.37. The number of benzene rings is 1. The lowest BCUT2D eigenvalue weighted by Gasteiger charge is -2.30. The Morgan fingerprint density at radius 2 is 1.91 bits per heavy atom. The zero-order valence-corrected chi connectivity index (χ0v) is 13.7. The number of likely N-dealkylation sites (N-methyl/N-ethyl adjacent to an activating group) is 2. The molecule has 2 aromatic rings. The van der Waals surface area contributed by atoms with Crippen molar-refractivity contribution in [1.82, 2.24) is 20.0 Å². The summed E-state index contributed by atoms with van der Waals surface area (Å²) in [4.78, 5) is 16.6. The summed E-state index contributed by atoms with van der Waals surface area (Å²) in [5.74, 6) is -0.0633. The monoisotopic (exact) mass is 300 g/mol. The zero-order valence-electron chi connectivity index (χ0n) is 13.7. The highest BCUT2D eigenvalue weighted by Gasteiger charge is 2.24. The predicted octanol–water partition coefficient (Wildman–Crippen LogP) is 2.35. The van der Waals surface area contributed by atoms with Gasteiger partial charge in [-0.3, -0.25) is 9.89 Å². The highest BCUT2D eigenvalue weighted by atomic mass is 16.2. The van der Waals surface area contributed by atoms with E-state index in [4.69, 9.17) is 0 Å². The van der Waals surface area contributed by atoms with E-state index in [2.05, 4.69) is 27.2 Å². The van der Waals surface area contributed by atoms with Crippen LogP contribution in [0.25, 0.3) is 0 Å². The summed E-state index contributed by atoms with van der Waals surface area (Å²) in [5, 5.41) is 7.04. The van der Waals surface area contributed by atoms with Crippen molar-refractivity contribution in [1.29, 1.82) is 0 Å². The van der Waals surface area contributed by atoms with E-state index in [0.29, 0.717) is 5.69 Å². The Labute approximate surface area is 131 Å². The Balaban J connectivity index is 2.24. The SMILES string of the molecule is CCc1cc(C(=O)N(C)[C@@H](CN(C)C)c2ccccc2)n[nH]1. The number of amides is 1. The molecule has 0 fully saturated rings. The molecule has 118 valence electrons. The largest absolute Gasteiger partial charge is 0.332 e. The molecule has 0 saturated carbocycles.